The number of pyridine rings is 1. The normalized spacial score (nSPS) is 14.6. The first-order valence-corrected chi connectivity index (χ1v) is 26.1. The molecular formula is C55H59FN8O12S. The first-order valence-electron chi connectivity index (χ1n) is 25.3. The Bertz CT molecular complexity index is 3250. The number of hydrogen-bond donors (Lipinski definition) is 2. The van der Waals surface area contributed by atoms with Crippen LogP contribution in [0.25, 0.3) is 33.9 Å². The molecule has 20 nitrogen and oxygen atoms in total. The number of hydrogen-bond acceptors (Lipinski definition) is 19. The van der Waals surface area contributed by atoms with Crippen molar-refractivity contribution in [1.82, 2.24) is 29.3 Å². The number of phenolic OH excluding ortho intramolecular Hbond substituents is 1. The molecule has 4 aromatic heterocycles. The second-order valence-electron chi connectivity index (χ2n) is 17.6. The minimum Gasteiger partial charge on any atom is -0.504 e. The third-order valence-corrected chi connectivity index (χ3v) is 13.3. The van der Waals surface area contributed by atoms with E-state index in [0.717, 1.165) is 61.2 Å². The fourth-order valence-electron chi connectivity index (χ4n) is 8.36. The highest BCUT2D eigenvalue weighted by molar-refractivity contribution is 8.08. The monoisotopic (exact) mass is 1070 g/mol. The molecule has 0 saturated carbocycles. The summed E-state index contributed by atoms with van der Waals surface area (Å²) in [4.78, 5) is 48.3. The van der Waals surface area contributed by atoms with Crippen LogP contribution < -0.4 is 20.6 Å². The molecule has 0 radical (unpaired) electrons. The summed E-state index contributed by atoms with van der Waals surface area (Å²) >= 11 is 1.13. The summed E-state index contributed by atoms with van der Waals surface area (Å²) in [5.41, 5.74) is 4.05. The largest absolute Gasteiger partial charge is 0.504 e. The van der Waals surface area contributed by atoms with Crippen molar-refractivity contribution in [2.45, 2.75) is 20.1 Å². The van der Waals surface area contributed by atoms with Crippen molar-refractivity contribution >= 4 is 57.6 Å². The lowest BCUT2D eigenvalue weighted by atomic mass is 10.1. The van der Waals surface area contributed by atoms with Crippen LogP contribution in [-0.4, -0.2) is 152 Å². The number of phenols is 1. The first kappa shape index (κ1) is 54.4. The SMILES string of the molecule is CCOC(=O)C1=C(Nc2ccccc2)S/C(=C\c2ccc(OCCOCCn3cc(COCCOCCOCCOCCN4CCN(c5ccc6cc(-c7cn8ccc(F)cc8n7)c(=O)oc6c5)CC4)nn3)c(O)c2)C1=O. The molecule has 3 aromatic carbocycles. The van der Waals surface area contributed by atoms with E-state index < -0.39 is 23.2 Å². The Kier molecular flexibility index (Phi) is 19.1. The van der Waals surface area contributed by atoms with Crippen molar-refractivity contribution in [2.24, 2.45) is 0 Å². The molecule has 2 N–H and O–H groups in total. The summed E-state index contributed by atoms with van der Waals surface area (Å²) in [6.45, 7) is 10.9. The number of nitrogens with one attached hydrogen (secondary N) is 1. The van der Waals surface area contributed by atoms with Gasteiger partial charge in [0, 0.05) is 74.0 Å². The van der Waals surface area contributed by atoms with Gasteiger partial charge in [-0.3, -0.25) is 9.69 Å². The molecule has 1 fully saturated rings. The van der Waals surface area contributed by atoms with E-state index in [1.54, 1.807) is 58.9 Å². The number of allylic oxidation sites excluding steroid dienone is 1. The molecule has 1 saturated heterocycles. The van der Waals surface area contributed by atoms with Crippen LogP contribution in [0.1, 0.15) is 18.2 Å². The molecule has 0 atom stereocenters. The quantitative estimate of drug-likeness (QED) is 0.0174. The molecular weight excluding hydrogens is 1020 g/mol. The molecule has 7 aromatic rings. The molecule has 0 unspecified atom stereocenters. The highest BCUT2D eigenvalue weighted by atomic mass is 32.2. The molecule has 22 heteroatoms. The van der Waals surface area contributed by atoms with Crippen molar-refractivity contribution < 1.29 is 56.7 Å². The van der Waals surface area contributed by atoms with E-state index in [1.165, 1.54) is 18.2 Å². The maximum atomic E-state index is 13.7. The van der Waals surface area contributed by atoms with Crippen molar-refractivity contribution in [1.29, 1.82) is 0 Å². The average molecular weight is 1080 g/mol. The van der Waals surface area contributed by atoms with Gasteiger partial charge in [-0.15, -0.1) is 5.10 Å². The van der Waals surface area contributed by atoms with Crippen molar-refractivity contribution in [3.05, 3.63) is 147 Å². The molecule has 6 heterocycles. The Labute approximate surface area is 446 Å². The van der Waals surface area contributed by atoms with Crippen LogP contribution in [0.4, 0.5) is 15.8 Å². The first-order chi connectivity index (χ1) is 37.7. The van der Waals surface area contributed by atoms with Crippen LogP contribution in [0, 0.1) is 5.82 Å². The van der Waals surface area contributed by atoms with Gasteiger partial charge in [0.15, 0.2) is 11.5 Å². The van der Waals surface area contributed by atoms with Gasteiger partial charge in [-0.2, -0.15) is 0 Å². The summed E-state index contributed by atoms with van der Waals surface area (Å²) in [7, 11) is 0. The molecule has 0 bridgehead atoms. The van der Waals surface area contributed by atoms with Crippen LogP contribution in [0.15, 0.2) is 128 Å². The number of ether oxygens (including phenoxy) is 7. The van der Waals surface area contributed by atoms with Gasteiger partial charge >= 0.3 is 11.6 Å². The zero-order chi connectivity index (χ0) is 53.3. The van der Waals surface area contributed by atoms with Gasteiger partial charge in [-0.25, -0.2) is 23.6 Å². The third kappa shape index (κ3) is 14.9. The number of thioether (sulfide) groups is 1. The highest BCUT2D eigenvalue weighted by Crippen LogP contribution is 2.41. The number of halogens is 1. The molecule has 404 valence electrons. The van der Waals surface area contributed by atoms with Crippen LogP contribution in [0.3, 0.4) is 0 Å². The molecule has 2 aliphatic heterocycles. The minimum absolute atomic E-state index is 0.0668. The molecule has 0 amide bonds. The fourth-order valence-corrected chi connectivity index (χ4v) is 9.42. The lowest BCUT2D eigenvalue weighted by Crippen LogP contribution is -2.47. The van der Waals surface area contributed by atoms with Crippen LogP contribution >= 0.6 is 11.8 Å². The van der Waals surface area contributed by atoms with Gasteiger partial charge in [-0.1, -0.05) is 41.2 Å². The number of carbonyl (C=O) groups excluding carboxylic acids is 2. The van der Waals surface area contributed by atoms with E-state index in [2.05, 4.69) is 30.4 Å². The lowest BCUT2D eigenvalue weighted by molar-refractivity contribution is -0.139. The van der Waals surface area contributed by atoms with Gasteiger partial charge in [-0.05, 0) is 67.1 Å². The molecule has 2 aliphatic rings. The zero-order valence-electron chi connectivity index (χ0n) is 42.5. The summed E-state index contributed by atoms with van der Waals surface area (Å²) in [5.74, 6) is -1.41. The number of benzene rings is 3. The van der Waals surface area contributed by atoms with Crippen LogP contribution in [0.5, 0.6) is 11.5 Å². The number of ketones is 1. The summed E-state index contributed by atoms with van der Waals surface area (Å²) in [6.07, 6.45) is 6.65. The number of imidazole rings is 1. The van der Waals surface area contributed by atoms with Crippen LogP contribution in [-0.2, 0) is 51.2 Å². The average Bonchev–Trinajstić information content (AvgIpc) is 4.21. The summed E-state index contributed by atoms with van der Waals surface area (Å²) in [6, 6.07) is 24.3. The Morgan fingerprint density at radius 2 is 1.56 bits per heavy atom. The Balaban J connectivity index is 0.567. The Morgan fingerprint density at radius 3 is 2.32 bits per heavy atom. The third-order valence-electron chi connectivity index (χ3n) is 12.3. The maximum Gasteiger partial charge on any atom is 0.345 e. The number of carbonyl (C=O) groups is 2. The minimum atomic E-state index is -0.703. The Morgan fingerprint density at radius 1 is 0.818 bits per heavy atom. The molecule has 0 aliphatic carbocycles. The van der Waals surface area contributed by atoms with Crippen molar-refractivity contribution in [2.75, 3.05) is 116 Å². The summed E-state index contributed by atoms with van der Waals surface area (Å²) < 4.78 is 62.1. The second-order valence-corrected chi connectivity index (χ2v) is 18.7. The fraction of sp³-hybridized carbons (Fsp3) is 0.345. The van der Waals surface area contributed by atoms with Crippen LogP contribution in [0.2, 0.25) is 0 Å². The van der Waals surface area contributed by atoms with Gasteiger partial charge in [0.25, 0.3) is 0 Å². The van der Waals surface area contributed by atoms with Gasteiger partial charge < -0.3 is 57.3 Å². The number of aromatic hydroxyl groups is 1. The Hall–Kier alpha value is -7.44. The number of Topliss-reactive ketones (excluding diaryl/α,β-unsaturated/α-hetero) is 1. The van der Waals surface area contributed by atoms with E-state index in [4.69, 9.17) is 37.6 Å². The highest BCUT2D eigenvalue weighted by Gasteiger charge is 2.35. The predicted molar refractivity (Wildman–Crippen MR) is 286 cm³/mol. The number of anilines is 2. The predicted octanol–water partition coefficient (Wildman–Crippen LogP) is 6.57. The topological polar surface area (TPSA) is 216 Å². The number of para-hydroxylation sites is 1. The van der Waals surface area contributed by atoms with E-state index in [1.807, 2.05) is 48.5 Å². The van der Waals surface area contributed by atoms with E-state index in [-0.39, 0.29) is 36.9 Å². The maximum absolute atomic E-state index is 13.7. The summed E-state index contributed by atoms with van der Waals surface area (Å²) in [5, 5.41) is 23.3. The second kappa shape index (κ2) is 27.0. The number of nitrogens with zero attached hydrogens (tertiary/aromatic N) is 7. The van der Waals surface area contributed by atoms with Crippen molar-refractivity contribution in [3.8, 4) is 22.8 Å². The number of rotatable bonds is 28. The van der Waals surface area contributed by atoms with Crippen molar-refractivity contribution in [3.63, 3.8) is 0 Å². The van der Waals surface area contributed by atoms with E-state index in [9.17, 15) is 23.9 Å². The smallest absolute Gasteiger partial charge is 0.345 e. The molecule has 9 rings (SSSR count). The molecule has 77 heavy (non-hydrogen) atoms. The van der Waals surface area contributed by atoms with Gasteiger partial charge in [0.1, 0.15) is 34.9 Å². The van der Waals surface area contributed by atoms with E-state index in [0.29, 0.717) is 110 Å². The number of piperazine rings is 1. The zero-order valence-corrected chi connectivity index (χ0v) is 43.3. The number of aromatic nitrogens is 5. The van der Waals surface area contributed by atoms with Gasteiger partial charge in [0.05, 0.1) is 107 Å². The molecule has 0 spiro atoms. The standard InChI is InChI=1S/C55H59FN8O12S/c1-2-74-55(68)51-52(66)49(77-53(51)57-41-6-4-3-5-7-41)31-38-8-11-47(46(65)30-38)75-29-28-70-21-19-64-35-42(59-60-64)37-73-27-26-72-25-24-71-23-22-69-20-18-61-14-16-62(17-15-61)43-10-9-39-32-44(54(67)76-48(39)34-43)45-36-63-13-12-40(56)33-50(63)58-45/h3-13,30-36,57,65H,2,14-29,37H2,1H3/b49-31-. The number of fused-ring (bicyclic) bond motifs is 2. The lowest BCUT2D eigenvalue weighted by Gasteiger charge is -2.36. The number of esters is 1. The van der Waals surface area contributed by atoms with Gasteiger partial charge in [0.2, 0.25) is 5.78 Å². The van der Waals surface area contributed by atoms with E-state index >= 15 is 0 Å².